The summed E-state index contributed by atoms with van der Waals surface area (Å²) < 4.78 is 0. The van der Waals surface area contributed by atoms with E-state index in [0.717, 1.165) is 5.56 Å². The number of phenols is 1. The zero-order chi connectivity index (χ0) is 12.8. The van der Waals surface area contributed by atoms with Gasteiger partial charge in [-0.15, -0.1) is 0 Å². The van der Waals surface area contributed by atoms with Crippen LogP contribution >= 0.6 is 0 Å². The molecule has 0 aliphatic rings. The summed E-state index contributed by atoms with van der Waals surface area (Å²) in [5, 5.41) is 12.2. The fourth-order valence-corrected chi connectivity index (χ4v) is 1.67. The SMILES string of the molecule is O=C(CNCc1ccccc1)c1ccc(O)cc1. The lowest BCUT2D eigenvalue weighted by atomic mass is 10.1. The van der Waals surface area contributed by atoms with Crippen molar-refractivity contribution < 1.29 is 9.90 Å². The number of phenolic OH excluding ortho intramolecular Hbond substituents is 1. The lowest BCUT2D eigenvalue weighted by Crippen LogP contribution is -2.22. The van der Waals surface area contributed by atoms with Crippen LogP contribution in [0.5, 0.6) is 5.75 Å². The Morgan fingerprint density at radius 3 is 2.33 bits per heavy atom. The van der Waals surface area contributed by atoms with Crippen molar-refractivity contribution in [1.29, 1.82) is 0 Å². The van der Waals surface area contributed by atoms with Crippen LogP contribution in [-0.4, -0.2) is 17.4 Å². The van der Waals surface area contributed by atoms with E-state index in [0.29, 0.717) is 18.7 Å². The third-order valence-corrected chi connectivity index (χ3v) is 2.65. The van der Waals surface area contributed by atoms with E-state index in [-0.39, 0.29) is 11.5 Å². The van der Waals surface area contributed by atoms with Gasteiger partial charge in [0.25, 0.3) is 0 Å². The number of ketones is 1. The van der Waals surface area contributed by atoms with Crippen LogP contribution in [0.15, 0.2) is 54.6 Å². The van der Waals surface area contributed by atoms with Crippen molar-refractivity contribution in [3.63, 3.8) is 0 Å². The van der Waals surface area contributed by atoms with Crippen molar-refractivity contribution in [2.24, 2.45) is 0 Å². The summed E-state index contributed by atoms with van der Waals surface area (Å²) >= 11 is 0. The monoisotopic (exact) mass is 241 g/mol. The van der Waals surface area contributed by atoms with Crippen molar-refractivity contribution >= 4 is 5.78 Å². The van der Waals surface area contributed by atoms with E-state index in [1.54, 1.807) is 12.1 Å². The zero-order valence-electron chi connectivity index (χ0n) is 9.97. The van der Waals surface area contributed by atoms with Crippen molar-refractivity contribution in [3.8, 4) is 5.75 Å². The highest BCUT2D eigenvalue weighted by Crippen LogP contribution is 2.09. The third kappa shape index (κ3) is 3.43. The van der Waals surface area contributed by atoms with E-state index >= 15 is 0 Å². The van der Waals surface area contributed by atoms with Crippen LogP contribution < -0.4 is 5.32 Å². The van der Waals surface area contributed by atoms with Crippen LogP contribution in [0.3, 0.4) is 0 Å². The first-order valence-corrected chi connectivity index (χ1v) is 5.82. The number of carbonyl (C=O) groups excluding carboxylic acids is 1. The lowest BCUT2D eigenvalue weighted by Gasteiger charge is -2.04. The number of aromatic hydroxyl groups is 1. The van der Waals surface area contributed by atoms with Crippen LogP contribution in [0.1, 0.15) is 15.9 Å². The molecule has 0 saturated heterocycles. The molecule has 2 rings (SSSR count). The predicted octanol–water partition coefficient (Wildman–Crippen LogP) is 2.36. The molecule has 2 aromatic carbocycles. The first kappa shape index (κ1) is 12.3. The summed E-state index contributed by atoms with van der Waals surface area (Å²) in [6, 6.07) is 16.2. The molecule has 0 radical (unpaired) electrons. The standard InChI is InChI=1S/C15H15NO2/c17-14-8-6-13(7-9-14)15(18)11-16-10-12-4-2-1-3-5-12/h1-9,16-17H,10-11H2. The number of rotatable bonds is 5. The van der Waals surface area contributed by atoms with Gasteiger partial charge in [-0.05, 0) is 29.8 Å². The molecule has 2 aromatic rings. The quantitative estimate of drug-likeness (QED) is 0.790. The van der Waals surface area contributed by atoms with Crippen molar-refractivity contribution in [3.05, 3.63) is 65.7 Å². The molecule has 0 fully saturated rings. The molecule has 0 unspecified atom stereocenters. The maximum absolute atomic E-state index is 11.8. The van der Waals surface area contributed by atoms with Crippen LogP contribution in [-0.2, 0) is 6.54 Å². The summed E-state index contributed by atoms with van der Waals surface area (Å²) in [7, 11) is 0. The molecular formula is C15H15NO2. The molecule has 0 bridgehead atoms. The Balaban J connectivity index is 1.84. The number of hydrogen-bond acceptors (Lipinski definition) is 3. The van der Waals surface area contributed by atoms with Crippen molar-refractivity contribution in [1.82, 2.24) is 5.32 Å². The average molecular weight is 241 g/mol. The highest BCUT2D eigenvalue weighted by atomic mass is 16.3. The van der Waals surface area contributed by atoms with Gasteiger partial charge in [0.15, 0.2) is 5.78 Å². The van der Waals surface area contributed by atoms with Crippen LogP contribution in [0, 0.1) is 0 Å². The number of hydrogen-bond donors (Lipinski definition) is 2. The van der Waals surface area contributed by atoms with E-state index in [9.17, 15) is 4.79 Å². The molecule has 0 saturated carbocycles. The molecule has 92 valence electrons. The van der Waals surface area contributed by atoms with Crippen LogP contribution in [0.25, 0.3) is 0 Å². The first-order valence-electron chi connectivity index (χ1n) is 5.82. The lowest BCUT2D eigenvalue weighted by molar-refractivity contribution is 0.0991. The Kier molecular flexibility index (Phi) is 4.10. The van der Waals surface area contributed by atoms with Gasteiger partial charge >= 0.3 is 0 Å². The molecule has 0 amide bonds. The normalized spacial score (nSPS) is 10.2. The molecule has 3 heteroatoms. The van der Waals surface area contributed by atoms with Gasteiger partial charge < -0.3 is 10.4 Å². The fourth-order valence-electron chi connectivity index (χ4n) is 1.67. The molecule has 0 heterocycles. The highest BCUT2D eigenvalue weighted by molar-refractivity contribution is 5.97. The average Bonchev–Trinajstić information content (AvgIpc) is 2.40. The Bertz CT molecular complexity index is 506. The van der Waals surface area contributed by atoms with Crippen LogP contribution in [0.4, 0.5) is 0 Å². The van der Waals surface area contributed by atoms with E-state index in [1.807, 2.05) is 30.3 Å². The van der Waals surface area contributed by atoms with Gasteiger partial charge in [0.1, 0.15) is 5.75 Å². The second-order valence-electron chi connectivity index (χ2n) is 4.06. The van der Waals surface area contributed by atoms with E-state index in [4.69, 9.17) is 5.11 Å². The number of benzene rings is 2. The van der Waals surface area contributed by atoms with Crippen molar-refractivity contribution in [2.45, 2.75) is 6.54 Å². The Morgan fingerprint density at radius 1 is 1.00 bits per heavy atom. The second kappa shape index (κ2) is 5.98. The third-order valence-electron chi connectivity index (χ3n) is 2.65. The zero-order valence-corrected chi connectivity index (χ0v) is 9.97. The summed E-state index contributed by atoms with van der Waals surface area (Å²) in [4.78, 5) is 11.8. The maximum Gasteiger partial charge on any atom is 0.176 e. The molecule has 0 atom stereocenters. The minimum absolute atomic E-state index is 0.0194. The van der Waals surface area contributed by atoms with E-state index < -0.39 is 0 Å². The first-order chi connectivity index (χ1) is 8.75. The van der Waals surface area contributed by atoms with Gasteiger partial charge in [-0.2, -0.15) is 0 Å². The van der Waals surface area contributed by atoms with Crippen LogP contribution in [0.2, 0.25) is 0 Å². The number of carbonyl (C=O) groups is 1. The molecule has 18 heavy (non-hydrogen) atoms. The van der Waals surface area contributed by atoms with Gasteiger partial charge in [-0.1, -0.05) is 30.3 Å². The van der Waals surface area contributed by atoms with Gasteiger partial charge in [0.2, 0.25) is 0 Å². The fraction of sp³-hybridized carbons (Fsp3) is 0.133. The summed E-state index contributed by atoms with van der Waals surface area (Å²) in [5.74, 6) is 0.190. The smallest absolute Gasteiger partial charge is 0.176 e. The molecule has 0 spiro atoms. The highest BCUT2D eigenvalue weighted by Gasteiger charge is 2.04. The summed E-state index contributed by atoms with van der Waals surface area (Å²) in [6.45, 7) is 0.963. The Labute approximate surface area is 106 Å². The summed E-state index contributed by atoms with van der Waals surface area (Å²) in [6.07, 6.45) is 0. The summed E-state index contributed by atoms with van der Waals surface area (Å²) in [5.41, 5.74) is 1.75. The molecule has 2 N–H and O–H groups in total. The van der Waals surface area contributed by atoms with Gasteiger partial charge in [0.05, 0.1) is 6.54 Å². The van der Waals surface area contributed by atoms with E-state index in [2.05, 4.69) is 5.32 Å². The minimum Gasteiger partial charge on any atom is -0.508 e. The Hall–Kier alpha value is -2.13. The van der Waals surface area contributed by atoms with Crippen molar-refractivity contribution in [2.75, 3.05) is 6.54 Å². The predicted molar refractivity (Wildman–Crippen MR) is 70.6 cm³/mol. The molecule has 0 aromatic heterocycles. The van der Waals surface area contributed by atoms with Gasteiger partial charge in [-0.3, -0.25) is 4.79 Å². The minimum atomic E-state index is 0.0194. The molecule has 3 nitrogen and oxygen atoms in total. The second-order valence-corrected chi connectivity index (χ2v) is 4.06. The molecule has 0 aliphatic heterocycles. The van der Waals surface area contributed by atoms with Gasteiger partial charge in [-0.25, -0.2) is 0 Å². The molecular weight excluding hydrogens is 226 g/mol. The Morgan fingerprint density at radius 2 is 1.67 bits per heavy atom. The van der Waals surface area contributed by atoms with E-state index in [1.165, 1.54) is 12.1 Å². The largest absolute Gasteiger partial charge is 0.508 e. The molecule has 0 aliphatic carbocycles. The number of nitrogens with one attached hydrogen (secondary N) is 1. The maximum atomic E-state index is 11.8. The topological polar surface area (TPSA) is 49.3 Å². The van der Waals surface area contributed by atoms with Gasteiger partial charge in [0, 0.05) is 12.1 Å². The number of Topliss-reactive ketones (excluding diaryl/α,β-unsaturated/α-hetero) is 1.